The lowest BCUT2D eigenvalue weighted by Crippen LogP contribution is -2.30. The number of amides is 2. The molecule has 2 aromatic carbocycles. The zero-order valence-corrected chi connectivity index (χ0v) is 13.5. The Morgan fingerprint density at radius 1 is 1.04 bits per heavy atom. The van der Waals surface area contributed by atoms with E-state index in [1.54, 1.807) is 24.3 Å². The number of para-hydroxylation sites is 1. The van der Waals surface area contributed by atoms with Gasteiger partial charge in [-0.3, -0.25) is 4.79 Å². The minimum atomic E-state index is -0.335. The lowest BCUT2D eigenvalue weighted by atomic mass is 10.1. The molecule has 122 valence electrons. The lowest BCUT2D eigenvalue weighted by Gasteiger charge is -2.12. The molecule has 3 aromatic rings. The van der Waals surface area contributed by atoms with Crippen molar-refractivity contribution in [3.05, 3.63) is 65.9 Å². The second kappa shape index (κ2) is 6.58. The number of nitrogens with one attached hydrogen (secondary N) is 2. The van der Waals surface area contributed by atoms with Crippen molar-refractivity contribution in [2.75, 3.05) is 5.32 Å². The van der Waals surface area contributed by atoms with Gasteiger partial charge in [-0.25, -0.2) is 4.79 Å². The molecule has 1 atom stereocenters. The number of urea groups is 1. The number of furan rings is 1. The first-order valence-electron chi connectivity index (χ1n) is 7.70. The number of hydrogen-bond acceptors (Lipinski definition) is 3. The van der Waals surface area contributed by atoms with E-state index in [4.69, 9.17) is 4.42 Å². The number of carbonyl (C=O) groups is 2. The van der Waals surface area contributed by atoms with Crippen LogP contribution in [0.4, 0.5) is 10.5 Å². The van der Waals surface area contributed by atoms with E-state index >= 15 is 0 Å². The topological polar surface area (TPSA) is 71.3 Å². The molecule has 0 spiro atoms. The maximum atomic E-state index is 12.1. The fourth-order valence-corrected chi connectivity index (χ4v) is 2.44. The van der Waals surface area contributed by atoms with E-state index in [9.17, 15) is 9.59 Å². The van der Waals surface area contributed by atoms with Crippen LogP contribution in [0.15, 0.2) is 59.0 Å². The van der Waals surface area contributed by atoms with Gasteiger partial charge in [0.2, 0.25) is 0 Å². The van der Waals surface area contributed by atoms with Crippen LogP contribution in [0.5, 0.6) is 0 Å². The van der Waals surface area contributed by atoms with Crippen LogP contribution in [0.2, 0.25) is 0 Å². The minimum absolute atomic E-state index is 0.00971. The highest BCUT2D eigenvalue weighted by Crippen LogP contribution is 2.23. The number of anilines is 1. The third-order valence-corrected chi connectivity index (χ3v) is 3.77. The van der Waals surface area contributed by atoms with Crippen LogP contribution < -0.4 is 10.6 Å². The summed E-state index contributed by atoms with van der Waals surface area (Å²) in [4.78, 5) is 23.3. The molecule has 2 amide bonds. The molecule has 5 nitrogen and oxygen atoms in total. The van der Waals surface area contributed by atoms with Crippen LogP contribution in [-0.4, -0.2) is 11.8 Å². The maximum absolute atomic E-state index is 12.1. The lowest BCUT2D eigenvalue weighted by molar-refractivity contribution is 0.101. The average Bonchev–Trinajstić information content (AvgIpc) is 2.99. The molecule has 0 aliphatic heterocycles. The van der Waals surface area contributed by atoms with Gasteiger partial charge in [0.25, 0.3) is 0 Å². The largest absolute Gasteiger partial charge is 0.459 e. The third-order valence-electron chi connectivity index (χ3n) is 3.77. The molecule has 1 aromatic heterocycles. The first kappa shape index (κ1) is 15.8. The van der Waals surface area contributed by atoms with Crippen molar-refractivity contribution in [3.63, 3.8) is 0 Å². The number of rotatable bonds is 4. The molecule has 5 heteroatoms. The van der Waals surface area contributed by atoms with E-state index < -0.39 is 0 Å². The Bertz CT molecular complexity index is 848. The molecule has 0 bridgehead atoms. The van der Waals surface area contributed by atoms with Crippen LogP contribution in [-0.2, 0) is 0 Å². The Morgan fingerprint density at radius 2 is 1.75 bits per heavy atom. The second-order valence-electron chi connectivity index (χ2n) is 5.64. The Balaban J connectivity index is 1.64. The molecular weight excluding hydrogens is 304 g/mol. The van der Waals surface area contributed by atoms with E-state index in [0.717, 1.165) is 11.0 Å². The summed E-state index contributed by atoms with van der Waals surface area (Å²) in [6, 6.07) is 15.8. The Morgan fingerprint density at radius 3 is 2.42 bits per heavy atom. The Hall–Kier alpha value is -3.08. The molecule has 0 radical (unpaired) electrons. The van der Waals surface area contributed by atoms with Gasteiger partial charge in [0.05, 0.1) is 6.04 Å². The van der Waals surface area contributed by atoms with Crippen molar-refractivity contribution >= 4 is 28.5 Å². The third kappa shape index (κ3) is 3.46. The second-order valence-corrected chi connectivity index (χ2v) is 5.64. The minimum Gasteiger partial charge on any atom is -0.459 e. The maximum Gasteiger partial charge on any atom is 0.319 e. The van der Waals surface area contributed by atoms with Crippen molar-refractivity contribution in [2.24, 2.45) is 0 Å². The molecule has 24 heavy (non-hydrogen) atoms. The van der Waals surface area contributed by atoms with E-state index in [2.05, 4.69) is 10.6 Å². The van der Waals surface area contributed by atoms with Crippen molar-refractivity contribution in [2.45, 2.75) is 19.9 Å². The number of ketones is 1. The molecule has 0 unspecified atom stereocenters. The predicted molar refractivity (Wildman–Crippen MR) is 93.2 cm³/mol. The fraction of sp³-hybridized carbons (Fsp3) is 0.158. The molecule has 0 fully saturated rings. The standard InChI is InChI=1S/C19H18N2O3/c1-12(18-11-15-5-3-4-6-17(15)24-18)20-19(23)21-16-9-7-14(8-10-16)13(2)22/h3-12H,1-2H3,(H2,20,21,23)/t12-/m0/s1. The van der Waals surface area contributed by atoms with Crippen molar-refractivity contribution < 1.29 is 14.0 Å². The molecule has 0 saturated heterocycles. The molecule has 2 N–H and O–H groups in total. The van der Waals surface area contributed by atoms with E-state index in [1.807, 2.05) is 37.3 Å². The quantitative estimate of drug-likeness (QED) is 0.694. The number of Topliss-reactive ketones (excluding diaryl/α,β-unsaturated/α-hetero) is 1. The van der Waals surface area contributed by atoms with Crippen molar-refractivity contribution in [1.82, 2.24) is 5.32 Å². The van der Waals surface area contributed by atoms with E-state index in [0.29, 0.717) is 17.0 Å². The van der Waals surface area contributed by atoms with Crippen LogP contribution in [0, 0.1) is 0 Å². The summed E-state index contributed by atoms with van der Waals surface area (Å²) in [7, 11) is 0. The van der Waals surface area contributed by atoms with Gasteiger partial charge in [0, 0.05) is 16.6 Å². The highest BCUT2D eigenvalue weighted by molar-refractivity contribution is 5.95. The van der Waals surface area contributed by atoms with Gasteiger partial charge in [-0.05, 0) is 50.2 Å². The van der Waals surface area contributed by atoms with Crippen LogP contribution in [0.25, 0.3) is 11.0 Å². The van der Waals surface area contributed by atoms with Crippen molar-refractivity contribution in [3.8, 4) is 0 Å². The fourth-order valence-electron chi connectivity index (χ4n) is 2.44. The molecule has 0 aliphatic rings. The van der Waals surface area contributed by atoms with Gasteiger partial charge in [0.15, 0.2) is 5.78 Å². The smallest absolute Gasteiger partial charge is 0.319 e. The summed E-state index contributed by atoms with van der Waals surface area (Å²) in [5.74, 6) is 0.683. The van der Waals surface area contributed by atoms with Crippen LogP contribution in [0.3, 0.4) is 0 Å². The SMILES string of the molecule is CC(=O)c1ccc(NC(=O)N[C@@H](C)c2cc3ccccc3o2)cc1. The van der Waals surface area contributed by atoms with Gasteiger partial charge >= 0.3 is 6.03 Å². The van der Waals surface area contributed by atoms with Crippen LogP contribution >= 0.6 is 0 Å². The zero-order valence-electron chi connectivity index (χ0n) is 13.5. The van der Waals surface area contributed by atoms with E-state index in [-0.39, 0.29) is 17.9 Å². The molecule has 0 aliphatic carbocycles. The monoisotopic (exact) mass is 322 g/mol. The Labute approximate surface area is 139 Å². The molecule has 0 saturated carbocycles. The molecule has 3 rings (SSSR count). The number of fused-ring (bicyclic) bond motifs is 1. The summed E-state index contributed by atoms with van der Waals surface area (Å²) >= 11 is 0. The normalized spacial score (nSPS) is 11.9. The summed E-state index contributed by atoms with van der Waals surface area (Å²) in [6.07, 6.45) is 0. The van der Waals surface area contributed by atoms with Crippen molar-refractivity contribution in [1.29, 1.82) is 0 Å². The highest BCUT2D eigenvalue weighted by atomic mass is 16.3. The van der Waals surface area contributed by atoms with Gasteiger partial charge in [-0.1, -0.05) is 18.2 Å². The molecule has 1 heterocycles. The Kier molecular flexibility index (Phi) is 4.33. The van der Waals surface area contributed by atoms with Gasteiger partial charge < -0.3 is 15.1 Å². The molecular formula is C19H18N2O3. The first-order valence-corrected chi connectivity index (χ1v) is 7.70. The number of carbonyl (C=O) groups excluding carboxylic acids is 2. The average molecular weight is 322 g/mol. The predicted octanol–water partition coefficient (Wildman–Crippen LogP) is 4.52. The number of benzene rings is 2. The summed E-state index contributed by atoms with van der Waals surface area (Å²) in [5, 5.41) is 6.57. The van der Waals surface area contributed by atoms with E-state index in [1.165, 1.54) is 6.92 Å². The van der Waals surface area contributed by atoms with Gasteiger partial charge in [-0.2, -0.15) is 0 Å². The zero-order chi connectivity index (χ0) is 17.1. The van der Waals surface area contributed by atoms with Crippen LogP contribution in [0.1, 0.15) is 36.0 Å². The number of hydrogen-bond donors (Lipinski definition) is 2. The summed E-state index contributed by atoms with van der Waals surface area (Å²) < 4.78 is 5.74. The van der Waals surface area contributed by atoms with Gasteiger partial charge in [0.1, 0.15) is 11.3 Å². The van der Waals surface area contributed by atoms with Gasteiger partial charge in [-0.15, -0.1) is 0 Å². The summed E-state index contributed by atoms with van der Waals surface area (Å²) in [6.45, 7) is 3.36. The summed E-state index contributed by atoms with van der Waals surface area (Å²) in [5.41, 5.74) is 2.02. The highest BCUT2D eigenvalue weighted by Gasteiger charge is 2.14. The first-order chi connectivity index (χ1) is 11.5.